The third-order valence-corrected chi connectivity index (χ3v) is 9.57. The smallest absolute Gasteiger partial charge is 0.262 e. The summed E-state index contributed by atoms with van der Waals surface area (Å²) < 4.78 is 24.2. The number of sulfone groups is 1. The Bertz CT molecular complexity index is 1120. The van der Waals surface area contributed by atoms with Crippen molar-refractivity contribution in [2.75, 3.05) is 24.2 Å². The molecular weight excluding hydrogens is 424 g/mol. The molecular formula is C20H22N4O6S. The summed E-state index contributed by atoms with van der Waals surface area (Å²) >= 11 is 0. The Hall–Kier alpha value is -2.79. The molecule has 1 spiro atoms. The molecule has 3 N–H and O–H groups in total. The first-order valence-electron chi connectivity index (χ1n) is 10.3. The second-order valence-corrected chi connectivity index (χ2v) is 10.9. The summed E-state index contributed by atoms with van der Waals surface area (Å²) in [5.41, 5.74) is 0.919. The molecule has 0 saturated carbocycles. The lowest BCUT2D eigenvalue weighted by Crippen LogP contribution is -2.69. The van der Waals surface area contributed by atoms with E-state index in [4.69, 9.17) is 0 Å². The van der Waals surface area contributed by atoms with E-state index >= 15 is 0 Å². The number of nitrogens with zero attached hydrogens (tertiary/aromatic N) is 1. The molecule has 2 unspecified atom stereocenters. The van der Waals surface area contributed by atoms with Crippen molar-refractivity contribution in [3.05, 3.63) is 29.3 Å². The number of anilines is 1. The van der Waals surface area contributed by atoms with E-state index in [9.17, 15) is 27.6 Å². The zero-order valence-corrected chi connectivity index (χ0v) is 17.5. The first kappa shape index (κ1) is 20.1. The van der Waals surface area contributed by atoms with Gasteiger partial charge in [0.2, 0.25) is 11.8 Å². The van der Waals surface area contributed by atoms with Crippen LogP contribution in [0.2, 0.25) is 0 Å². The van der Waals surface area contributed by atoms with Crippen molar-refractivity contribution in [2.45, 2.75) is 42.5 Å². The van der Waals surface area contributed by atoms with Crippen LogP contribution in [-0.2, 0) is 19.4 Å². The van der Waals surface area contributed by atoms with Crippen LogP contribution in [0.5, 0.6) is 0 Å². The summed E-state index contributed by atoms with van der Waals surface area (Å²) in [4.78, 5) is 50.2. The molecule has 3 fully saturated rings. The summed E-state index contributed by atoms with van der Waals surface area (Å²) in [6.45, 7) is 1.27. The Morgan fingerprint density at radius 3 is 2.42 bits per heavy atom. The van der Waals surface area contributed by atoms with Gasteiger partial charge in [-0.3, -0.25) is 29.4 Å². The van der Waals surface area contributed by atoms with Gasteiger partial charge in [0, 0.05) is 12.1 Å². The molecule has 0 bridgehead atoms. The molecule has 1 aromatic rings. The second kappa shape index (κ2) is 6.86. The van der Waals surface area contributed by atoms with Gasteiger partial charge in [0.15, 0.2) is 9.84 Å². The summed E-state index contributed by atoms with van der Waals surface area (Å²) in [7, 11) is -3.18. The highest BCUT2D eigenvalue weighted by Crippen LogP contribution is 2.43. The molecule has 11 heteroatoms. The number of piperidine rings is 2. The first-order valence-corrected chi connectivity index (χ1v) is 11.9. The summed E-state index contributed by atoms with van der Waals surface area (Å²) in [5.74, 6) is -2.21. The molecule has 1 aromatic carbocycles. The topological polar surface area (TPSA) is 142 Å². The highest BCUT2D eigenvalue weighted by molar-refractivity contribution is 7.94. The highest BCUT2D eigenvalue weighted by atomic mass is 32.2. The second-order valence-electron chi connectivity index (χ2n) is 8.50. The van der Waals surface area contributed by atoms with E-state index in [0.29, 0.717) is 31.6 Å². The van der Waals surface area contributed by atoms with Gasteiger partial charge in [-0.2, -0.15) is 0 Å². The van der Waals surface area contributed by atoms with E-state index in [-0.39, 0.29) is 35.8 Å². The van der Waals surface area contributed by atoms with Gasteiger partial charge in [0.1, 0.15) is 6.04 Å². The predicted molar refractivity (Wildman–Crippen MR) is 109 cm³/mol. The highest BCUT2D eigenvalue weighted by Gasteiger charge is 2.60. The molecule has 4 heterocycles. The fraction of sp³-hybridized carbons (Fsp3) is 0.500. The van der Waals surface area contributed by atoms with Crippen molar-refractivity contribution in [3.8, 4) is 0 Å². The number of nitrogens with one attached hydrogen (secondary N) is 3. The molecule has 5 rings (SSSR count). The molecule has 4 aliphatic rings. The molecule has 10 nitrogen and oxygen atoms in total. The van der Waals surface area contributed by atoms with Gasteiger partial charge in [0.05, 0.1) is 27.7 Å². The molecule has 2 atom stereocenters. The Labute approximate surface area is 178 Å². The first-order chi connectivity index (χ1) is 14.7. The maximum atomic E-state index is 13.0. The van der Waals surface area contributed by atoms with Crippen molar-refractivity contribution in [2.24, 2.45) is 0 Å². The number of imide groups is 2. The number of rotatable bonds is 3. The van der Waals surface area contributed by atoms with Crippen molar-refractivity contribution >= 4 is 39.2 Å². The molecule has 0 aromatic heterocycles. The van der Waals surface area contributed by atoms with Crippen molar-refractivity contribution < 1.29 is 27.6 Å². The number of hydrogen-bond donors (Lipinski definition) is 3. The number of carbonyl (C=O) groups is 4. The maximum Gasteiger partial charge on any atom is 0.262 e. The van der Waals surface area contributed by atoms with Crippen LogP contribution >= 0.6 is 0 Å². The number of carbonyl (C=O) groups excluding carboxylic acids is 4. The Morgan fingerprint density at radius 2 is 1.74 bits per heavy atom. The molecule has 0 radical (unpaired) electrons. The van der Waals surface area contributed by atoms with Crippen LogP contribution in [0.25, 0.3) is 0 Å². The lowest BCUT2D eigenvalue weighted by Gasteiger charge is -2.51. The zero-order chi connectivity index (χ0) is 22.0. The minimum atomic E-state index is -3.18. The summed E-state index contributed by atoms with van der Waals surface area (Å²) in [6.07, 6.45) is 1.21. The fourth-order valence-corrected chi connectivity index (χ4v) is 7.38. The van der Waals surface area contributed by atoms with Gasteiger partial charge in [-0.05, 0) is 50.6 Å². The molecule has 164 valence electrons. The molecule has 31 heavy (non-hydrogen) atoms. The number of fused-ring (bicyclic) bond motifs is 1. The van der Waals surface area contributed by atoms with Gasteiger partial charge in [-0.15, -0.1) is 0 Å². The van der Waals surface area contributed by atoms with Crippen molar-refractivity contribution in [3.63, 3.8) is 0 Å². The van der Waals surface area contributed by atoms with E-state index in [1.54, 1.807) is 12.1 Å². The van der Waals surface area contributed by atoms with E-state index in [1.165, 1.54) is 6.07 Å². The normalized spacial score (nSPS) is 28.8. The standard InChI is InChI=1S/C20H22N4O6S/c25-16-4-3-14(17(26)23-16)24-18(27)12-2-1-11(9-13(12)19(24)28)22-15-10-31(29,30)20(15)5-7-21-8-6-20/h1-2,9,14-15,21-22H,3-8,10H2,(H,23,25,26). The van der Waals surface area contributed by atoms with Gasteiger partial charge in [-0.1, -0.05) is 0 Å². The van der Waals surface area contributed by atoms with Crippen LogP contribution in [0.1, 0.15) is 46.4 Å². The van der Waals surface area contributed by atoms with Crippen molar-refractivity contribution in [1.82, 2.24) is 15.5 Å². The largest absolute Gasteiger partial charge is 0.380 e. The average molecular weight is 446 g/mol. The van der Waals surface area contributed by atoms with Crippen LogP contribution in [0.15, 0.2) is 18.2 Å². The quantitative estimate of drug-likeness (QED) is 0.524. The third-order valence-electron chi connectivity index (χ3n) is 6.87. The maximum absolute atomic E-state index is 13.0. The van der Waals surface area contributed by atoms with Crippen LogP contribution < -0.4 is 16.0 Å². The minimum Gasteiger partial charge on any atom is -0.380 e. The monoisotopic (exact) mass is 446 g/mol. The SMILES string of the molecule is O=C1CCC(N2C(=O)c3ccc(NC4CS(=O)(=O)C45CCNCC5)cc3C2=O)C(=O)N1. The third kappa shape index (κ3) is 2.90. The number of benzene rings is 1. The van der Waals surface area contributed by atoms with Crippen molar-refractivity contribution in [1.29, 1.82) is 0 Å². The Morgan fingerprint density at radius 1 is 1.03 bits per heavy atom. The number of amides is 4. The lowest BCUT2D eigenvalue weighted by atomic mass is 9.88. The van der Waals surface area contributed by atoms with E-state index in [0.717, 1.165) is 4.90 Å². The number of hydrogen-bond acceptors (Lipinski definition) is 8. The van der Waals surface area contributed by atoms with Gasteiger partial charge in [0.25, 0.3) is 11.8 Å². The predicted octanol–water partition coefficient (Wildman–Crippen LogP) is -0.581. The zero-order valence-electron chi connectivity index (χ0n) is 16.6. The van der Waals surface area contributed by atoms with Crippen LogP contribution in [0.4, 0.5) is 5.69 Å². The van der Waals surface area contributed by atoms with Crippen LogP contribution in [-0.4, -0.2) is 72.6 Å². The summed E-state index contributed by atoms with van der Waals surface area (Å²) in [6, 6.07) is 3.43. The van der Waals surface area contributed by atoms with E-state index in [2.05, 4.69) is 16.0 Å². The minimum absolute atomic E-state index is 0.0271. The Balaban J connectivity index is 1.39. The molecule has 4 amide bonds. The Kier molecular flexibility index (Phi) is 4.45. The lowest BCUT2D eigenvalue weighted by molar-refractivity contribution is -0.136. The average Bonchev–Trinajstić information content (AvgIpc) is 2.98. The van der Waals surface area contributed by atoms with Gasteiger partial charge in [-0.25, -0.2) is 8.42 Å². The summed E-state index contributed by atoms with van der Waals surface area (Å²) in [5, 5.41) is 8.61. The van der Waals surface area contributed by atoms with E-state index < -0.39 is 44.3 Å². The molecule has 4 aliphatic heterocycles. The molecule has 0 aliphatic carbocycles. The molecule has 3 saturated heterocycles. The van der Waals surface area contributed by atoms with Gasteiger partial charge >= 0.3 is 0 Å². The van der Waals surface area contributed by atoms with E-state index in [1.807, 2.05) is 0 Å². The van der Waals surface area contributed by atoms with Gasteiger partial charge < -0.3 is 10.6 Å². The van der Waals surface area contributed by atoms with Crippen LogP contribution in [0, 0.1) is 0 Å². The van der Waals surface area contributed by atoms with Crippen LogP contribution in [0.3, 0.4) is 0 Å². The fourth-order valence-electron chi connectivity index (χ4n) is 5.10.